The Labute approximate surface area is 93.0 Å². The average Bonchev–Trinajstić information content (AvgIpc) is 2.24. The van der Waals surface area contributed by atoms with Crippen molar-refractivity contribution in [3.63, 3.8) is 0 Å². The largest absolute Gasteiger partial charge is 0.381 e. The van der Waals surface area contributed by atoms with Gasteiger partial charge in [0.25, 0.3) is 0 Å². The molecule has 2 saturated heterocycles. The first-order valence-corrected chi connectivity index (χ1v) is 6.33. The molecule has 2 rings (SSSR count). The van der Waals surface area contributed by atoms with Crippen molar-refractivity contribution in [3.8, 4) is 0 Å². The minimum Gasteiger partial charge on any atom is -0.381 e. The van der Waals surface area contributed by atoms with E-state index in [0.717, 1.165) is 32.0 Å². The Morgan fingerprint density at radius 2 is 2.27 bits per heavy atom. The van der Waals surface area contributed by atoms with Gasteiger partial charge in [0.15, 0.2) is 0 Å². The number of hydrogen-bond donors (Lipinski definition) is 1. The summed E-state index contributed by atoms with van der Waals surface area (Å²) >= 11 is 0. The van der Waals surface area contributed by atoms with E-state index in [1.165, 1.54) is 25.9 Å². The fourth-order valence-electron chi connectivity index (χ4n) is 2.81. The lowest BCUT2D eigenvalue weighted by atomic mass is 9.95. The highest BCUT2D eigenvalue weighted by atomic mass is 16.5. The van der Waals surface area contributed by atoms with Crippen LogP contribution in [-0.4, -0.2) is 43.3 Å². The summed E-state index contributed by atoms with van der Waals surface area (Å²) in [5.74, 6) is 0.760. The van der Waals surface area contributed by atoms with Crippen molar-refractivity contribution in [2.75, 3.05) is 26.3 Å². The molecular formula is C12H24N2O. The third-order valence-corrected chi connectivity index (χ3v) is 3.80. The molecule has 0 aromatic carbocycles. The Morgan fingerprint density at radius 1 is 1.40 bits per heavy atom. The summed E-state index contributed by atoms with van der Waals surface area (Å²) in [6.45, 7) is 6.64. The SMILES string of the molecule is CC1CC(N)CCN1CC1CCCOC1. The van der Waals surface area contributed by atoms with Gasteiger partial charge in [-0.25, -0.2) is 0 Å². The maximum atomic E-state index is 5.97. The molecule has 0 aromatic rings. The molecule has 0 spiro atoms. The molecule has 0 radical (unpaired) electrons. The quantitative estimate of drug-likeness (QED) is 0.748. The summed E-state index contributed by atoms with van der Waals surface area (Å²) < 4.78 is 5.53. The van der Waals surface area contributed by atoms with Gasteiger partial charge in [-0.3, -0.25) is 0 Å². The van der Waals surface area contributed by atoms with Gasteiger partial charge in [-0.15, -0.1) is 0 Å². The van der Waals surface area contributed by atoms with Crippen LogP contribution in [-0.2, 0) is 4.74 Å². The third kappa shape index (κ3) is 3.16. The lowest BCUT2D eigenvalue weighted by Gasteiger charge is -2.39. The smallest absolute Gasteiger partial charge is 0.0506 e. The number of nitrogens with zero attached hydrogens (tertiary/aromatic N) is 1. The van der Waals surface area contributed by atoms with Crippen LogP contribution >= 0.6 is 0 Å². The maximum absolute atomic E-state index is 5.97. The van der Waals surface area contributed by atoms with E-state index in [2.05, 4.69) is 11.8 Å². The third-order valence-electron chi connectivity index (χ3n) is 3.80. The molecule has 2 aliphatic rings. The highest BCUT2D eigenvalue weighted by molar-refractivity contribution is 4.82. The summed E-state index contributed by atoms with van der Waals surface area (Å²) in [6, 6.07) is 1.09. The molecular weight excluding hydrogens is 188 g/mol. The van der Waals surface area contributed by atoms with E-state index in [1.807, 2.05) is 0 Å². The molecule has 2 N–H and O–H groups in total. The van der Waals surface area contributed by atoms with Gasteiger partial charge in [-0.2, -0.15) is 0 Å². The van der Waals surface area contributed by atoms with Crippen LogP contribution in [0.15, 0.2) is 0 Å². The Morgan fingerprint density at radius 3 is 2.93 bits per heavy atom. The predicted molar refractivity (Wildman–Crippen MR) is 61.8 cm³/mol. The van der Waals surface area contributed by atoms with Crippen molar-refractivity contribution >= 4 is 0 Å². The lowest BCUT2D eigenvalue weighted by Crippen LogP contribution is -2.48. The van der Waals surface area contributed by atoms with E-state index in [9.17, 15) is 0 Å². The fraction of sp³-hybridized carbons (Fsp3) is 1.00. The maximum Gasteiger partial charge on any atom is 0.0506 e. The Hall–Kier alpha value is -0.120. The molecule has 3 heteroatoms. The molecule has 3 unspecified atom stereocenters. The fourth-order valence-corrected chi connectivity index (χ4v) is 2.81. The van der Waals surface area contributed by atoms with Crippen molar-refractivity contribution in [2.24, 2.45) is 11.7 Å². The monoisotopic (exact) mass is 212 g/mol. The summed E-state index contributed by atoms with van der Waals surface area (Å²) in [5.41, 5.74) is 5.97. The Bertz CT molecular complexity index is 192. The Kier molecular flexibility index (Phi) is 4.00. The van der Waals surface area contributed by atoms with Gasteiger partial charge in [0.1, 0.15) is 0 Å². The van der Waals surface area contributed by atoms with Gasteiger partial charge in [-0.1, -0.05) is 0 Å². The number of piperidine rings is 1. The van der Waals surface area contributed by atoms with Gasteiger partial charge in [0.2, 0.25) is 0 Å². The Balaban J connectivity index is 1.77. The highest BCUT2D eigenvalue weighted by Gasteiger charge is 2.26. The molecule has 0 amide bonds. The van der Waals surface area contributed by atoms with E-state index in [0.29, 0.717) is 12.1 Å². The molecule has 3 atom stereocenters. The minimum absolute atomic E-state index is 0.429. The number of ether oxygens (including phenoxy) is 1. The minimum atomic E-state index is 0.429. The van der Waals surface area contributed by atoms with E-state index < -0.39 is 0 Å². The molecule has 88 valence electrons. The molecule has 0 aromatic heterocycles. The normalized spacial score (nSPS) is 39.2. The molecule has 3 nitrogen and oxygen atoms in total. The predicted octanol–water partition coefficient (Wildman–Crippen LogP) is 1.22. The number of rotatable bonds is 2. The van der Waals surface area contributed by atoms with Crippen LogP contribution in [0.5, 0.6) is 0 Å². The first-order chi connectivity index (χ1) is 7.25. The van der Waals surface area contributed by atoms with Crippen LogP contribution in [0.4, 0.5) is 0 Å². The van der Waals surface area contributed by atoms with Crippen molar-refractivity contribution in [2.45, 2.75) is 44.7 Å². The van der Waals surface area contributed by atoms with Gasteiger partial charge < -0.3 is 15.4 Å². The van der Waals surface area contributed by atoms with Crippen LogP contribution in [0, 0.1) is 5.92 Å². The van der Waals surface area contributed by atoms with E-state index in [1.54, 1.807) is 0 Å². The van der Waals surface area contributed by atoms with E-state index >= 15 is 0 Å². The van der Waals surface area contributed by atoms with Crippen molar-refractivity contribution in [1.82, 2.24) is 4.90 Å². The first-order valence-electron chi connectivity index (χ1n) is 6.33. The molecule has 2 heterocycles. The number of hydrogen-bond acceptors (Lipinski definition) is 3. The lowest BCUT2D eigenvalue weighted by molar-refractivity contribution is 0.0251. The second-order valence-electron chi connectivity index (χ2n) is 5.21. The second-order valence-corrected chi connectivity index (χ2v) is 5.21. The summed E-state index contributed by atoms with van der Waals surface area (Å²) in [5, 5.41) is 0. The van der Waals surface area contributed by atoms with Crippen molar-refractivity contribution in [3.05, 3.63) is 0 Å². The molecule has 0 aliphatic carbocycles. The van der Waals surface area contributed by atoms with Gasteiger partial charge >= 0.3 is 0 Å². The summed E-state index contributed by atoms with van der Waals surface area (Å²) in [6.07, 6.45) is 4.91. The van der Waals surface area contributed by atoms with Crippen LogP contribution < -0.4 is 5.73 Å². The molecule has 0 saturated carbocycles. The highest BCUT2D eigenvalue weighted by Crippen LogP contribution is 2.21. The molecule has 0 bridgehead atoms. The van der Waals surface area contributed by atoms with Crippen molar-refractivity contribution < 1.29 is 4.74 Å². The second kappa shape index (κ2) is 5.28. The van der Waals surface area contributed by atoms with E-state index in [4.69, 9.17) is 10.5 Å². The van der Waals surface area contributed by atoms with E-state index in [-0.39, 0.29) is 0 Å². The zero-order chi connectivity index (χ0) is 10.7. The molecule has 2 aliphatic heterocycles. The standard InChI is InChI=1S/C12H24N2O/c1-10-7-12(13)4-5-14(10)8-11-3-2-6-15-9-11/h10-12H,2-9,13H2,1H3. The summed E-state index contributed by atoms with van der Waals surface area (Å²) in [7, 11) is 0. The van der Waals surface area contributed by atoms with Crippen LogP contribution in [0.1, 0.15) is 32.6 Å². The number of nitrogens with two attached hydrogens (primary N) is 1. The van der Waals surface area contributed by atoms with Crippen LogP contribution in [0.3, 0.4) is 0 Å². The van der Waals surface area contributed by atoms with Gasteiger partial charge in [-0.05, 0) is 45.1 Å². The van der Waals surface area contributed by atoms with Crippen LogP contribution in [0.2, 0.25) is 0 Å². The molecule has 15 heavy (non-hydrogen) atoms. The van der Waals surface area contributed by atoms with Crippen molar-refractivity contribution in [1.29, 1.82) is 0 Å². The average molecular weight is 212 g/mol. The molecule has 2 fully saturated rings. The van der Waals surface area contributed by atoms with Crippen LogP contribution in [0.25, 0.3) is 0 Å². The number of likely N-dealkylation sites (tertiary alicyclic amines) is 1. The van der Waals surface area contributed by atoms with Gasteiger partial charge in [0.05, 0.1) is 6.61 Å². The topological polar surface area (TPSA) is 38.5 Å². The summed E-state index contributed by atoms with van der Waals surface area (Å²) in [4.78, 5) is 2.60. The zero-order valence-electron chi connectivity index (χ0n) is 9.82. The zero-order valence-corrected chi connectivity index (χ0v) is 9.82. The first kappa shape index (κ1) is 11.4. The van der Waals surface area contributed by atoms with Gasteiger partial charge in [0, 0.05) is 25.2 Å².